The first-order chi connectivity index (χ1) is 7.66. The maximum absolute atomic E-state index is 13.0. The molecule has 2 rings (SSSR count). The summed E-state index contributed by atoms with van der Waals surface area (Å²) in [6.45, 7) is 2.42. The number of hydrogen-bond donors (Lipinski definition) is 1. The molecule has 0 aliphatic rings. The molecule has 0 spiro atoms. The quantitative estimate of drug-likeness (QED) is 0.799. The monoisotopic (exact) mass is 216 g/mol. The van der Waals surface area contributed by atoms with Crippen LogP contribution in [0, 0.1) is 18.2 Å². The zero-order chi connectivity index (χ0) is 11.5. The van der Waals surface area contributed by atoms with Crippen LogP contribution in [-0.4, -0.2) is 4.57 Å². The lowest BCUT2D eigenvalue weighted by Crippen LogP contribution is -2.21. The van der Waals surface area contributed by atoms with E-state index in [0.717, 1.165) is 11.1 Å². The summed E-state index contributed by atoms with van der Waals surface area (Å²) in [4.78, 5) is 0. The zero-order valence-electron chi connectivity index (χ0n) is 9.07. The van der Waals surface area contributed by atoms with Crippen LogP contribution in [0.2, 0.25) is 0 Å². The van der Waals surface area contributed by atoms with Crippen molar-refractivity contribution in [2.75, 3.05) is 0 Å². The predicted octanol–water partition coefficient (Wildman–Crippen LogP) is 2.46. The highest BCUT2D eigenvalue weighted by molar-refractivity contribution is 5.17. The van der Waals surface area contributed by atoms with Crippen LogP contribution in [0.15, 0.2) is 42.6 Å². The van der Waals surface area contributed by atoms with E-state index in [1.54, 1.807) is 10.6 Å². The smallest absolute Gasteiger partial charge is 0.127 e. The van der Waals surface area contributed by atoms with Gasteiger partial charge in [-0.2, -0.15) is 0 Å². The number of benzene rings is 1. The molecule has 16 heavy (non-hydrogen) atoms. The second kappa shape index (κ2) is 4.31. The Labute approximate surface area is 93.5 Å². The van der Waals surface area contributed by atoms with Gasteiger partial charge in [-0.05, 0) is 36.2 Å². The molecule has 2 nitrogen and oxygen atoms in total. The van der Waals surface area contributed by atoms with Gasteiger partial charge in [0, 0.05) is 12.7 Å². The van der Waals surface area contributed by atoms with E-state index < -0.39 is 0 Å². The number of aryl methyl sites for hydroxylation is 1. The molecule has 0 amide bonds. The Morgan fingerprint density at radius 1 is 1.25 bits per heavy atom. The molecule has 3 heteroatoms. The maximum atomic E-state index is 13.0. The molecule has 2 aromatic rings. The first-order valence-corrected chi connectivity index (χ1v) is 5.12. The van der Waals surface area contributed by atoms with E-state index in [2.05, 4.69) is 0 Å². The van der Waals surface area contributed by atoms with Gasteiger partial charge in [-0.1, -0.05) is 18.2 Å². The average molecular weight is 216 g/mol. The SMILES string of the molecule is Cc1cccn(Cc2cccc(F)c2)c1=N. The first kappa shape index (κ1) is 10.6. The van der Waals surface area contributed by atoms with Crippen LogP contribution in [0.25, 0.3) is 0 Å². The van der Waals surface area contributed by atoms with Crippen LogP contribution < -0.4 is 5.49 Å². The highest BCUT2D eigenvalue weighted by atomic mass is 19.1. The van der Waals surface area contributed by atoms with E-state index in [-0.39, 0.29) is 5.82 Å². The van der Waals surface area contributed by atoms with Crippen molar-refractivity contribution >= 4 is 0 Å². The van der Waals surface area contributed by atoms with Crippen LogP contribution in [-0.2, 0) is 6.54 Å². The molecular weight excluding hydrogens is 203 g/mol. The van der Waals surface area contributed by atoms with E-state index in [1.807, 2.05) is 31.3 Å². The Morgan fingerprint density at radius 2 is 2.06 bits per heavy atom. The third-order valence-corrected chi connectivity index (χ3v) is 2.51. The fourth-order valence-electron chi connectivity index (χ4n) is 1.64. The molecule has 0 atom stereocenters. The molecule has 0 unspecified atom stereocenters. The number of rotatable bonds is 2. The number of pyridine rings is 1. The summed E-state index contributed by atoms with van der Waals surface area (Å²) in [6.07, 6.45) is 1.83. The predicted molar refractivity (Wildman–Crippen MR) is 60.5 cm³/mol. The maximum Gasteiger partial charge on any atom is 0.127 e. The van der Waals surface area contributed by atoms with E-state index in [9.17, 15) is 4.39 Å². The second-order valence-electron chi connectivity index (χ2n) is 3.80. The number of hydrogen-bond acceptors (Lipinski definition) is 1. The van der Waals surface area contributed by atoms with Crippen molar-refractivity contribution in [2.45, 2.75) is 13.5 Å². The van der Waals surface area contributed by atoms with Crippen LogP contribution in [0.1, 0.15) is 11.1 Å². The molecule has 1 heterocycles. The molecule has 1 aromatic carbocycles. The summed E-state index contributed by atoms with van der Waals surface area (Å²) in [5.41, 5.74) is 2.25. The largest absolute Gasteiger partial charge is 0.329 e. The van der Waals surface area contributed by atoms with Crippen molar-refractivity contribution in [3.8, 4) is 0 Å². The summed E-state index contributed by atoms with van der Waals surface area (Å²) >= 11 is 0. The van der Waals surface area contributed by atoms with Gasteiger partial charge in [-0.3, -0.25) is 5.41 Å². The molecule has 0 saturated carbocycles. The van der Waals surface area contributed by atoms with E-state index in [4.69, 9.17) is 5.41 Å². The van der Waals surface area contributed by atoms with Crippen molar-refractivity contribution < 1.29 is 4.39 Å². The molecule has 82 valence electrons. The van der Waals surface area contributed by atoms with E-state index in [0.29, 0.717) is 12.0 Å². The lowest BCUT2D eigenvalue weighted by Gasteiger charge is -2.08. The minimum atomic E-state index is -0.239. The minimum Gasteiger partial charge on any atom is -0.329 e. The highest BCUT2D eigenvalue weighted by Gasteiger charge is 1.98. The number of nitrogens with zero attached hydrogens (tertiary/aromatic N) is 1. The topological polar surface area (TPSA) is 28.8 Å². The fraction of sp³-hybridized carbons (Fsp3) is 0.154. The van der Waals surface area contributed by atoms with Gasteiger partial charge in [-0.25, -0.2) is 4.39 Å². The molecule has 0 radical (unpaired) electrons. The third-order valence-electron chi connectivity index (χ3n) is 2.51. The fourth-order valence-corrected chi connectivity index (χ4v) is 1.64. The molecule has 0 aliphatic carbocycles. The molecule has 0 fully saturated rings. The van der Waals surface area contributed by atoms with Crippen LogP contribution in [0.3, 0.4) is 0 Å². The molecule has 0 saturated heterocycles. The molecule has 1 N–H and O–H groups in total. The molecule has 0 bridgehead atoms. The molecular formula is C13H13FN2. The number of halogens is 1. The van der Waals surface area contributed by atoms with E-state index in [1.165, 1.54) is 12.1 Å². The highest BCUT2D eigenvalue weighted by Crippen LogP contribution is 2.04. The Kier molecular flexibility index (Phi) is 2.86. The van der Waals surface area contributed by atoms with Gasteiger partial charge < -0.3 is 4.57 Å². The van der Waals surface area contributed by atoms with Gasteiger partial charge in [-0.15, -0.1) is 0 Å². The summed E-state index contributed by atoms with van der Waals surface area (Å²) in [7, 11) is 0. The Morgan fingerprint density at radius 3 is 2.81 bits per heavy atom. The second-order valence-corrected chi connectivity index (χ2v) is 3.80. The van der Waals surface area contributed by atoms with Crippen molar-refractivity contribution in [3.63, 3.8) is 0 Å². The number of nitrogens with one attached hydrogen (secondary N) is 1. The van der Waals surface area contributed by atoms with Gasteiger partial charge in [0.25, 0.3) is 0 Å². The van der Waals surface area contributed by atoms with Crippen molar-refractivity contribution in [3.05, 3.63) is 65.0 Å². The first-order valence-electron chi connectivity index (χ1n) is 5.12. The minimum absolute atomic E-state index is 0.239. The standard InChI is InChI=1S/C13H13FN2/c1-10-4-3-7-16(13(10)15)9-11-5-2-6-12(14)8-11/h2-8,15H,9H2,1H3. The normalized spacial score (nSPS) is 10.4. The Bertz CT molecular complexity index is 558. The van der Waals surface area contributed by atoms with Crippen molar-refractivity contribution in [1.82, 2.24) is 4.57 Å². The summed E-state index contributed by atoms with van der Waals surface area (Å²) < 4.78 is 14.8. The van der Waals surface area contributed by atoms with Crippen LogP contribution in [0.5, 0.6) is 0 Å². The Balaban J connectivity index is 2.34. The van der Waals surface area contributed by atoms with Crippen molar-refractivity contribution in [1.29, 1.82) is 5.41 Å². The van der Waals surface area contributed by atoms with Crippen LogP contribution >= 0.6 is 0 Å². The molecule has 0 aliphatic heterocycles. The average Bonchev–Trinajstić information content (AvgIpc) is 2.25. The van der Waals surface area contributed by atoms with E-state index >= 15 is 0 Å². The van der Waals surface area contributed by atoms with Gasteiger partial charge in [0.1, 0.15) is 11.3 Å². The summed E-state index contributed by atoms with van der Waals surface area (Å²) in [5.74, 6) is -0.239. The van der Waals surface area contributed by atoms with Crippen molar-refractivity contribution in [2.24, 2.45) is 0 Å². The van der Waals surface area contributed by atoms with Gasteiger partial charge in [0.05, 0.1) is 0 Å². The summed E-state index contributed by atoms with van der Waals surface area (Å²) in [6, 6.07) is 10.3. The van der Waals surface area contributed by atoms with Gasteiger partial charge in [0.15, 0.2) is 0 Å². The van der Waals surface area contributed by atoms with Gasteiger partial charge >= 0.3 is 0 Å². The molecule has 1 aromatic heterocycles. The number of aromatic nitrogens is 1. The third kappa shape index (κ3) is 2.19. The summed E-state index contributed by atoms with van der Waals surface area (Å²) in [5, 5.41) is 7.87. The lowest BCUT2D eigenvalue weighted by molar-refractivity contribution is 0.622. The van der Waals surface area contributed by atoms with Crippen LogP contribution in [0.4, 0.5) is 4.39 Å². The zero-order valence-corrected chi connectivity index (χ0v) is 9.07. The lowest BCUT2D eigenvalue weighted by atomic mass is 10.2. The van der Waals surface area contributed by atoms with Gasteiger partial charge in [0.2, 0.25) is 0 Å². The Hall–Kier alpha value is -1.90.